The average molecular weight is 323 g/mol. The van der Waals surface area contributed by atoms with Crippen molar-refractivity contribution in [2.75, 3.05) is 47.1 Å². The van der Waals surface area contributed by atoms with Gasteiger partial charge >= 0.3 is 0 Å². The number of hydrogen-bond acceptors (Lipinski definition) is 4. The summed E-state index contributed by atoms with van der Waals surface area (Å²) in [6.07, 6.45) is 0. The van der Waals surface area contributed by atoms with E-state index in [0.717, 1.165) is 26.3 Å². The maximum absolute atomic E-state index is 12.5. The van der Waals surface area contributed by atoms with Crippen molar-refractivity contribution in [2.45, 2.75) is 19.4 Å². The number of methoxy groups -OCH3 is 2. The minimum atomic E-state index is -0.151. The summed E-state index contributed by atoms with van der Waals surface area (Å²) in [6, 6.07) is 5.30. The molecule has 1 aromatic rings. The van der Waals surface area contributed by atoms with E-state index in [9.17, 15) is 4.79 Å². The number of ether oxygens (including phenoxy) is 3. The van der Waals surface area contributed by atoms with Crippen LogP contribution in [0.3, 0.4) is 0 Å². The van der Waals surface area contributed by atoms with Gasteiger partial charge in [-0.05, 0) is 26.0 Å². The quantitative estimate of drug-likeness (QED) is 0.781. The number of morpholine rings is 1. The van der Waals surface area contributed by atoms with Crippen LogP contribution in [0.15, 0.2) is 18.2 Å². The fourth-order valence-electron chi connectivity index (χ4n) is 2.88. The Labute approximate surface area is 137 Å². The highest BCUT2D eigenvalue weighted by Gasteiger charge is 2.33. The molecule has 0 bridgehead atoms. The van der Waals surface area contributed by atoms with Crippen molar-refractivity contribution >= 4 is 5.91 Å². The topological polar surface area (TPSA) is 61.2 Å². The van der Waals surface area contributed by atoms with Gasteiger partial charge in [0.2, 0.25) is 0 Å². The molecular weight excluding hydrogens is 296 g/mol. The number of amides is 1. The van der Waals surface area contributed by atoms with Gasteiger partial charge in [-0.25, -0.2) is 0 Å². The van der Waals surface area contributed by atoms with Crippen molar-refractivity contribution in [2.24, 2.45) is 0 Å². The Morgan fingerprint density at radius 1 is 1.26 bits per heavy atom. The Hall–Kier alpha value is -1.79. The first kappa shape index (κ1) is 17.6. The van der Waals surface area contributed by atoms with Crippen LogP contribution in [-0.4, -0.2) is 58.5 Å². The van der Waals surface area contributed by atoms with E-state index >= 15 is 0 Å². The summed E-state index contributed by atoms with van der Waals surface area (Å²) in [5, 5.41) is 3.03. The molecule has 23 heavy (non-hydrogen) atoms. The molecule has 1 amide bonds. The molecule has 1 fully saturated rings. The van der Waals surface area contributed by atoms with Gasteiger partial charge in [0.05, 0.1) is 39.5 Å². The molecule has 2 N–H and O–H groups in total. The molecule has 0 atom stereocenters. The van der Waals surface area contributed by atoms with E-state index in [1.54, 1.807) is 25.3 Å². The molecule has 6 heteroatoms. The van der Waals surface area contributed by atoms with Crippen molar-refractivity contribution < 1.29 is 23.9 Å². The normalized spacial score (nSPS) is 16.0. The molecule has 1 aliphatic rings. The third kappa shape index (κ3) is 4.14. The van der Waals surface area contributed by atoms with E-state index in [0.29, 0.717) is 23.6 Å². The van der Waals surface area contributed by atoms with Gasteiger partial charge < -0.3 is 24.4 Å². The van der Waals surface area contributed by atoms with Crippen molar-refractivity contribution in [3.05, 3.63) is 23.8 Å². The van der Waals surface area contributed by atoms with E-state index in [4.69, 9.17) is 14.2 Å². The van der Waals surface area contributed by atoms with Crippen LogP contribution in [0, 0.1) is 0 Å². The first-order valence-corrected chi connectivity index (χ1v) is 7.91. The SMILES string of the molecule is COc1cccc(C(=O)NCC(C)(C)[NH+]2CCOCC2)c1OC. The number of quaternary nitrogens is 1. The van der Waals surface area contributed by atoms with Crippen molar-refractivity contribution in [3.63, 3.8) is 0 Å². The lowest BCUT2D eigenvalue weighted by atomic mass is 10.0. The van der Waals surface area contributed by atoms with Gasteiger partial charge in [0.25, 0.3) is 5.91 Å². The van der Waals surface area contributed by atoms with Crippen molar-refractivity contribution in [1.29, 1.82) is 0 Å². The van der Waals surface area contributed by atoms with Crippen molar-refractivity contribution in [3.8, 4) is 11.5 Å². The molecule has 128 valence electrons. The second-order valence-corrected chi connectivity index (χ2v) is 6.32. The molecule has 1 heterocycles. The second kappa shape index (κ2) is 7.66. The number of carbonyl (C=O) groups excluding carboxylic acids is 1. The summed E-state index contributed by atoms with van der Waals surface area (Å²) in [7, 11) is 3.10. The fraction of sp³-hybridized carbons (Fsp3) is 0.588. The van der Waals surface area contributed by atoms with Crippen LogP contribution in [0.2, 0.25) is 0 Å². The summed E-state index contributed by atoms with van der Waals surface area (Å²) < 4.78 is 16.0. The lowest BCUT2D eigenvalue weighted by Crippen LogP contribution is -3.22. The van der Waals surface area contributed by atoms with Gasteiger partial charge in [-0.1, -0.05) is 6.07 Å². The molecule has 2 rings (SSSR count). The minimum absolute atomic E-state index is 0.0501. The Bertz CT molecular complexity index is 539. The Kier molecular flexibility index (Phi) is 5.85. The lowest BCUT2D eigenvalue weighted by Gasteiger charge is -2.37. The van der Waals surface area contributed by atoms with Crippen LogP contribution in [-0.2, 0) is 4.74 Å². The third-order valence-electron chi connectivity index (χ3n) is 4.39. The fourth-order valence-corrected chi connectivity index (χ4v) is 2.88. The lowest BCUT2D eigenvalue weighted by molar-refractivity contribution is -0.954. The number of hydrogen-bond donors (Lipinski definition) is 2. The van der Waals surface area contributed by atoms with E-state index in [1.807, 2.05) is 0 Å². The van der Waals surface area contributed by atoms with E-state index < -0.39 is 0 Å². The van der Waals surface area contributed by atoms with Gasteiger partial charge in [-0.3, -0.25) is 4.79 Å². The van der Waals surface area contributed by atoms with Crippen LogP contribution in [0.5, 0.6) is 11.5 Å². The standard InChI is InChI=1S/C17H26N2O4/c1-17(2,19-8-10-23-11-9-19)12-18-16(20)13-6-5-7-14(21-3)15(13)22-4/h5-7H,8-12H2,1-4H3,(H,18,20)/p+1. The zero-order valence-electron chi connectivity index (χ0n) is 14.4. The first-order chi connectivity index (χ1) is 11.0. The Balaban J connectivity index is 2.04. The highest BCUT2D eigenvalue weighted by atomic mass is 16.5. The number of rotatable bonds is 6. The molecule has 1 aliphatic heterocycles. The number of para-hydroxylation sites is 1. The molecule has 1 aromatic carbocycles. The molecule has 0 aromatic heterocycles. The highest BCUT2D eigenvalue weighted by molar-refractivity contribution is 5.97. The third-order valence-corrected chi connectivity index (χ3v) is 4.39. The minimum Gasteiger partial charge on any atom is -0.493 e. The maximum Gasteiger partial charge on any atom is 0.255 e. The summed E-state index contributed by atoms with van der Waals surface area (Å²) >= 11 is 0. The summed E-state index contributed by atoms with van der Waals surface area (Å²) in [6.45, 7) is 8.39. The number of nitrogens with one attached hydrogen (secondary N) is 2. The summed E-state index contributed by atoms with van der Waals surface area (Å²) in [5.74, 6) is 0.865. The Morgan fingerprint density at radius 2 is 1.96 bits per heavy atom. The molecule has 0 unspecified atom stereocenters. The number of carbonyl (C=O) groups is 1. The van der Waals surface area contributed by atoms with Gasteiger partial charge in [-0.2, -0.15) is 0 Å². The van der Waals surface area contributed by atoms with Crippen molar-refractivity contribution in [1.82, 2.24) is 5.32 Å². The van der Waals surface area contributed by atoms with E-state index in [-0.39, 0.29) is 11.4 Å². The van der Waals surface area contributed by atoms with Gasteiger partial charge in [0, 0.05) is 0 Å². The van der Waals surface area contributed by atoms with Crippen LogP contribution >= 0.6 is 0 Å². The predicted molar refractivity (Wildman–Crippen MR) is 87.5 cm³/mol. The largest absolute Gasteiger partial charge is 0.493 e. The highest BCUT2D eigenvalue weighted by Crippen LogP contribution is 2.30. The molecule has 0 aliphatic carbocycles. The Morgan fingerprint density at radius 3 is 2.57 bits per heavy atom. The van der Waals surface area contributed by atoms with Gasteiger partial charge in [0.1, 0.15) is 18.6 Å². The van der Waals surface area contributed by atoms with Crippen LogP contribution in [0.25, 0.3) is 0 Å². The molecule has 0 spiro atoms. The average Bonchev–Trinajstić information content (AvgIpc) is 2.59. The molecule has 1 saturated heterocycles. The zero-order chi connectivity index (χ0) is 16.9. The van der Waals surface area contributed by atoms with Gasteiger partial charge in [0.15, 0.2) is 11.5 Å². The first-order valence-electron chi connectivity index (χ1n) is 7.91. The maximum atomic E-state index is 12.5. The van der Waals surface area contributed by atoms with E-state index in [1.165, 1.54) is 12.0 Å². The monoisotopic (exact) mass is 323 g/mol. The number of benzene rings is 1. The second-order valence-electron chi connectivity index (χ2n) is 6.32. The molecule has 6 nitrogen and oxygen atoms in total. The predicted octanol–water partition coefficient (Wildman–Crippen LogP) is 0.127. The molecular formula is C17H27N2O4+. The smallest absolute Gasteiger partial charge is 0.255 e. The van der Waals surface area contributed by atoms with Crippen LogP contribution < -0.4 is 19.7 Å². The summed E-state index contributed by atoms with van der Waals surface area (Å²) in [5.41, 5.74) is 0.436. The molecule has 0 radical (unpaired) electrons. The zero-order valence-corrected chi connectivity index (χ0v) is 14.4. The van der Waals surface area contributed by atoms with Crippen LogP contribution in [0.4, 0.5) is 0 Å². The van der Waals surface area contributed by atoms with Crippen LogP contribution in [0.1, 0.15) is 24.2 Å². The van der Waals surface area contributed by atoms with E-state index in [2.05, 4.69) is 19.2 Å². The van der Waals surface area contributed by atoms with Gasteiger partial charge in [-0.15, -0.1) is 0 Å². The molecule has 0 saturated carbocycles. The summed E-state index contributed by atoms with van der Waals surface area (Å²) in [4.78, 5) is 14.0.